The van der Waals surface area contributed by atoms with Gasteiger partial charge in [0.2, 0.25) is 0 Å². The number of nitrogens with one attached hydrogen (secondary N) is 1. The summed E-state index contributed by atoms with van der Waals surface area (Å²) in [6, 6.07) is 13.0. The summed E-state index contributed by atoms with van der Waals surface area (Å²) >= 11 is 3.45. The van der Waals surface area contributed by atoms with E-state index < -0.39 is 0 Å². The number of methoxy groups -OCH3 is 1. The van der Waals surface area contributed by atoms with Crippen molar-refractivity contribution < 1.29 is 9.84 Å². The Hall–Kier alpha value is -1.68. The molecule has 0 unspecified atom stereocenters. The highest BCUT2D eigenvalue weighted by Gasteiger charge is 2.01. The molecule has 0 spiro atoms. The van der Waals surface area contributed by atoms with E-state index in [4.69, 9.17) is 4.74 Å². The Morgan fingerprint density at radius 3 is 2.72 bits per heavy atom. The van der Waals surface area contributed by atoms with Gasteiger partial charge in [0.1, 0.15) is 11.5 Å². The Morgan fingerprint density at radius 2 is 2.06 bits per heavy atom. The van der Waals surface area contributed by atoms with E-state index in [1.165, 1.54) is 0 Å². The summed E-state index contributed by atoms with van der Waals surface area (Å²) in [5.41, 5.74) is 2.02. The van der Waals surface area contributed by atoms with Crippen LogP contribution in [0, 0.1) is 0 Å². The van der Waals surface area contributed by atoms with Crippen molar-refractivity contribution in [3.63, 3.8) is 0 Å². The van der Waals surface area contributed by atoms with Crippen LogP contribution in [0.3, 0.4) is 0 Å². The standard InChI is InChI=1S/C14H14BrNO2/c1-18-14-6-5-10(7-13(14)15)9-16-11-3-2-4-12(17)8-11/h2-8,16-17H,9H2,1H3. The average Bonchev–Trinajstić information content (AvgIpc) is 2.37. The van der Waals surface area contributed by atoms with Crippen molar-refractivity contribution >= 4 is 21.6 Å². The van der Waals surface area contributed by atoms with Gasteiger partial charge in [-0.15, -0.1) is 0 Å². The monoisotopic (exact) mass is 307 g/mol. The maximum absolute atomic E-state index is 9.36. The molecule has 0 saturated heterocycles. The molecule has 2 aromatic rings. The number of aromatic hydroxyl groups is 1. The molecule has 2 rings (SSSR count). The van der Waals surface area contributed by atoms with E-state index in [0.717, 1.165) is 21.5 Å². The lowest BCUT2D eigenvalue weighted by Gasteiger charge is -2.09. The summed E-state index contributed by atoms with van der Waals surface area (Å²) in [6.07, 6.45) is 0. The second-order valence-corrected chi connectivity index (χ2v) is 4.73. The number of hydrogen-bond acceptors (Lipinski definition) is 3. The first kappa shape index (κ1) is 12.8. The minimum atomic E-state index is 0.260. The topological polar surface area (TPSA) is 41.5 Å². The highest BCUT2D eigenvalue weighted by Crippen LogP contribution is 2.26. The largest absolute Gasteiger partial charge is 0.508 e. The van der Waals surface area contributed by atoms with Crippen molar-refractivity contribution in [2.24, 2.45) is 0 Å². The van der Waals surface area contributed by atoms with Crippen molar-refractivity contribution in [1.29, 1.82) is 0 Å². The van der Waals surface area contributed by atoms with E-state index in [1.807, 2.05) is 30.3 Å². The summed E-state index contributed by atoms with van der Waals surface area (Å²) in [5.74, 6) is 1.08. The van der Waals surface area contributed by atoms with Gasteiger partial charge in [-0.3, -0.25) is 0 Å². The quantitative estimate of drug-likeness (QED) is 0.903. The van der Waals surface area contributed by atoms with E-state index in [-0.39, 0.29) is 5.75 Å². The average molecular weight is 308 g/mol. The molecule has 4 heteroatoms. The molecular formula is C14H14BrNO2. The smallest absolute Gasteiger partial charge is 0.133 e. The molecule has 0 bridgehead atoms. The molecule has 94 valence electrons. The minimum Gasteiger partial charge on any atom is -0.508 e. The summed E-state index contributed by atoms with van der Waals surface area (Å²) < 4.78 is 6.11. The number of benzene rings is 2. The molecule has 0 aliphatic carbocycles. The first-order valence-electron chi connectivity index (χ1n) is 5.54. The lowest BCUT2D eigenvalue weighted by atomic mass is 10.2. The van der Waals surface area contributed by atoms with Crippen LogP contribution in [0.5, 0.6) is 11.5 Å². The maximum Gasteiger partial charge on any atom is 0.133 e. The molecule has 0 aromatic heterocycles. The summed E-state index contributed by atoms with van der Waals surface area (Å²) in [4.78, 5) is 0. The van der Waals surface area contributed by atoms with Crippen molar-refractivity contribution in [3.8, 4) is 11.5 Å². The predicted molar refractivity (Wildman–Crippen MR) is 76.1 cm³/mol. The Balaban J connectivity index is 2.04. The number of phenols is 1. The highest BCUT2D eigenvalue weighted by molar-refractivity contribution is 9.10. The molecule has 0 saturated carbocycles. The Labute approximate surface area is 115 Å². The van der Waals surface area contributed by atoms with Crippen LogP contribution in [-0.2, 0) is 6.54 Å². The van der Waals surface area contributed by atoms with Crippen LogP contribution in [0.2, 0.25) is 0 Å². The van der Waals surface area contributed by atoms with Gasteiger partial charge < -0.3 is 15.2 Å². The van der Waals surface area contributed by atoms with Crippen LogP contribution >= 0.6 is 15.9 Å². The zero-order valence-corrected chi connectivity index (χ0v) is 11.6. The Morgan fingerprint density at radius 1 is 1.22 bits per heavy atom. The molecule has 0 fully saturated rings. The number of hydrogen-bond donors (Lipinski definition) is 2. The fourth-order valence-electron chi connectivity index (χ4n) is 1.64. The molecule has 0 aliphatic heterocycles. The first-order chi connectivity index (χ1) is 8.69. The SMILES string of the molecule is COc1ccc(CNc2cccc(O)c2)cc1Br. The number of halogens is 1. The van der Waals surface area contributed by atoms with Crippen molar-refractivity contribution in [1.82, 2.24) is 0 Å². The molecule has 2 aromatic carbocycles. The number of rotatable bonds is 4. The summed E-state index contributed by atoms with van der Waals surface area (Å²) in [7, 11) is 1.64. The van der Waals surface area contributed by atoms with Gasteiger partial charge in [0.05, 0.1) is 11.6 Å². The Kier molecular flexibility index (Phi) is 4.10. The van der Waals surface area contributed by atoms with Crippen molar-refractivity contribution in [2.75, 3.05) is 12.4 Å². The molecule has 0 heterocycles. The van der Waals surface area contributed by atoms with Gasteiger partial charge in [-0.1, -0.05) is 12.1 Å². The fraction of sp³-hybridized carbons (Fsp3) is 0.143. The maximum atomic E-state index is 9.36. The van der Waals surface area contributed by atoms with Gasteiger partial charge in [-0.05, 0) is 45.8 Å². The zero-order chi connectivity index (χ0) is 13.0. The molecule has 0 atom stereocenters. The van der Waals surface area contributed by atoms with E-state index in [9.17, 15) is 5.11 Å². The lowest BCUT2D eigenvalue weighted by molar-refractivity contribution is 0.412. The highest BCUT2D eigenvalue weighted by atomic mass is 79.9. The third-order valence-corrected chi connectivity index (χ3v) is 3.18. The van der Waals surface area contributed by atoms with Crippen molar-refractivity contribution in [2.45, 2.75) is 6.54 Å². The number of ether oxygens (including phenoxy) is 1. The fourth-order valence-corrected chi connectivity index (χ4v) is 2.23. The van der Waals surface area contributed by atoms with Gasteiger partial charge in [0.25, 0.3) is 0 Å². The number of anilines is 1. The van der Waals surface area contributed by atoms with Crippen LogP contribution in [0.15, 0.2) is 46.9 Å². The van der Waals surface area contributed by atoms with Crippen molar-refractivity contribution in [3.05, 3.63) is 52.5 Å². The van der Waals surface area contributed by atoms with Crippen LogP contribution < -0.4 is 10.1 Å². The Bertz CT molecular complexity index is 543. The zero-order valence-electron chi connectivity index (χ0n) is 9.98. The minimum absolute atomic E-state index is 0.260. The van der Waals surface area contributed by atoms with Gasteiger partial charge in [0, 0.05) is 18.3 Å². The second-order valence-electron chi connectivity index (χ2n) is 3.87. The van der Waals surface area contributed by atoms with Crippen LogP contribution in [0.1, 0.15) is 5.56 Å². The summed E-state index contributed by atoms with van der Waals surface area (Å²) in [5, 5.41) is 12.6. The molecule has 18 heavy (non-hydrogen) atoms. The third-order valence-electron chi connectivity index (χ3n) is 2.56. The molecule has 0 radical (unpaired) electrons. The van der Waals surface area contributed by atoms with Crippen LogP contribution in [0.4, 0.5) is 5.69 Å². The molecule has 0 amide bonds. The van der Waals surface area contributed by atoms with Crippen LogP contribution in [-0.4, -0.2) is 12.2 Å². The molecule has 0 aliphatic rings. The van der Waals surface area contributed by atoms with Gasteiger partial charge >= 0.3 is 0 Å². The summed E-state index contributed by atoms with van der Waals surface area (Å²) in [6.45, 7) is 0.687. The van der Waals surface area contributed by atoms with E-state index in [2.05, 4.69) is 21.2 Å². The third kappa shape index (κ3) is 3.17. The van der Waals surface area contributed by atoms with Gasteiger partial charge in [-0.2, -0.15) is 0 Å². The second kappa shape index (κ2) is 5.78. The van der Waals surface area contributed by atoms with E-state index in [1.54, 1.807) is 19.2 Å². The first-order valence-corrected chi connectivity index (χ1v) is 6.33. The van der Waals surface area contributed by atoms with Crippen LogP contribution in [0.25, 0.3) is 0 Å². The van der Waals surface area contributed by atoms with E-state index >= 15 is 0 Å². The normalized spacial score (nSPS) is 10.1. The molecule has 2 N–H and O–H groups in total. The lowest BCUT2D eigenvalue weighted by Crippen LogP contribution is -1.99. The predicted octanol–water partition coefficient (Wildman–Crippen LogP) is 3.78. The number of phenolic OH excluding ortho intramolecular Hbond substituents is 1. The molecular weight excluding hydrogens is 294 g/mol. The molecule has 3 nitrogen and oxygen atoms in total. The van der Waals surface area contributed by atoms with E-state index in [0.29, 0.717) is 6.54 Å². The van der Waals surface area contributed by atoms with Gasteiger partial charge in [0.15, 0.2) is 0 Å². The van der Waals surface area contributed by atoms with Gasteiger partial charge in [-0.25, -0.2) is 0 Å².